The van der Waals surface area contributed by atoms with Gasteiger partial charge in [0.25, 0.3) is 0 Å². The van der Waals surface area contributed by atoms with Gasteiger partial charge in [-0.25, -0.2) is 4.98 Å². The summed E-state index contributed by atoms with van der Waals surface area (Å²) in [6.45, 7) is 13.6. The molecule has 1 atom stereocenters. The Bertz CT molecular complexity index is 745. The van der Waals surface area contributed by atoms with E-state index in [0.29, 0.717) is 5.92 Å². The molecule has 0 N–H and O–H groups in total. The third-order valence-corrected chi connectivity index (χ3v) is 6.79. The first-order valence-electron chi connectivity index (χ1n) is 11.1. The van der Waals surface area contributed by atoms with E-state index in [-0.39, 0.29) is 0 Å². The van der Waals surface area contributed by atoms with Crippen LogP contribution >= 0.6 is 11.3 Å². The Hall–Kier alpha value is -1.43. The van der Waals surface area contributed by atoms with Crippen molar-refractivity contribution < 1.29 is 4.74 Å². The molecule has 0 aliphatic carbocycles. The number of thiazole rings is 1. The highest BCUT2D eigenvalue weighted by Crippen LogP contribution is 2.22. The van der Waals surface area contributed by atoms with Crippen LogP contribution in [0.5, 0.6) is 5.75 Å². The minimum Gasteiger partial charge on any atom is -0.497 e. The Kier molecular flexibility index (Phi) is 8.52. The number of likely N-dealkylation sites (tertiary alicyclic amines) is 1. The maximum atomic E-state index is 5.36. The molecule has 5 heteroatoms. The van der Waals surface area contributed by atoms with Gasteiger partial charge in [-0.2, -0.15) is 0 Å². The van der Waals surface area contributed by atoms with Gasteiger partial charge in [0, 0.05) is 25.0 Å². The minimum absolute atomic E-state index is 0.520. The van der Waals surface area contributed by atoms with Gasteiger partial charge in [-0.3, -0.25) is 4.90 Å². The average molecular weight is 416 g/mol. The summed E-state index contributed by atoms with van der Waals surface area (Å²) in [5.41, 5.74) is 2.61. The minimum atomic E-state index is 0.520. The molecule has 1 aromatic heterocycles. The molecule has 0 bridgehead atoms. The van der Waals surface area contributed by atoms with Crippen molar-refractivity contribution in [2.45, 2.75) is 52.5 Å². The van der Waals surface area contributed by atoms with Crippen molar-refractivity contribution in [1.29, 1.82) is 0 Å². The summed E-state index contributed by atoms with van der Waals surface area (Å²) >= 11 is 1.82. The number of nitrogens with zero attached hydrogens (tertiary/aromatic N) is 3. The molecule has 160 valence electrons. The summed E-state index contributed by atoms with van der Waals surface area (Å²) in [7, 11) is 1.74. The summed E-state index contributed by atoms with van der Waals surface area (Å²) in [5, 5.41) is 3.50. The second-order valence-electron chi connectivity index (χ2n) is 8.56. The van der Waals surface area contributed by atoms with Gasteiger partial charge in [0.2, 0.25) is 0 Å². The number of ether oxygens (including phenoxy) is 1. The number of hydrogen-bond acceptors (Lipinski definition) is 5. The highest BCUT2D eigenvalue weighted by molar-refractivity contribution is 7.09. The van der Waals surface area contributed by atoms with Gasteiger partial charge in [-0.15, -0.1) is 11.3 Å². The Morgan fingerprint density at radius 1 is 1.34 bits per heavy atom. The van der Waals surface area contributed by atoms with Crippen molar-refractivity contribution in [1.82, 2.24) is 14.8 Å². The summed E-state index contributed by atoms with van der Waals surface area (Å²) in [5.74, 6) is 2.24. The molecule has 1 aliphatic rings. The lowest BCUT2D eigenvalue weighted by Gasteiger charge is -2.35. The first kappa shape index (κ1) is 22.3. The molecule has 1 unspecified atom stereocenters. The van der Waals surface area contributed by atoms with Crippen molar-refractivity contribution in [3.63, 3.8) is 0 Å². The third-order valence-electron chi connectivity index (χ3n) is 5.94. The van der Waals surface area contributed by atoms with E-state index in [4.69, 9.17) is 9.72 Å². The number of hydrogen-bond donors (Lipinski definition) is 0. The summed E-state index contributed by atoms with van der Waals surface area (Å²) < 4.78 is 5.36. The molecule has 3 rings (SSSR count). The highest BCUT2D eigenvalue weighted by Gasteiger charge is 2.22. The summed E-state index contributed by atoms with van der Waals surface area (Å²) in [6, 6.07) is 8.49. The van der Waals surface area contributed by atoms with E-state index in [2.05, 4.69) is 54.2 Å². The van der Waals surface area contributed by atoms with E-state index in [1.165, 1.54) is 48.7 Å². The standard InChI is InChI=1S/C24H37N3OS/c1-5-26(17-24-25-23(18-29-24)19(2)3)15-21-9-7-12-27(16-21)13-11-20-8-6-10-22(14-20)28-4/h6,8,10,14,18-19,21H,5,7,9,11-13,15-17H2,1-4H3. The molecule has 0 saturated carbocycles. The Labute approximate surface area is 180 Å². The fourth-order valence-electron chi connectivity index (χ4n) is 4.14. The lowest BCUT2D eigenvalue weighted by Crippen LogP contribution is -2.41. The molecule has 2 heterocycles. The largest absolute Gasteiger partial charge is 0.497 e. The molecule has 29 heavy (non-hydrogen) atoms. The Balaban J connectivity index is 1.48. The van der Waals surface area contributed by atoms with Crippen molar-refractivity contribution in [3.8, 4) is 5.75 Å². The zero-order chi connectivity index (χ0) is 20.6. The number of methoxy groups -OCH3 is 1. The molecule has 1 saturated heterocycles. The molecule has 0 amide bonds. The molecule has 4 nitrogen and oxygen atoms in total. The molecular weight excluding hydrogens is 378 g/mol. The maximum Gasteiger partial charge on any atom is 0.119 e. The van der Waals surface area contributed by atoms with Crippen molar-refractivity contribution in [2.75, 3.05) is 39.8 Å². The van der Waals surface area contributed by atoms with Gasteiger partial charge in [0.15, 0.2) is 0 Å². The van der Waals surface area contributed by atoms with Gasteiger partial charge < -0.3 is 9.64 Å². The second kappa shape index (κ2) is 11.1. The first-order valence-corrected chi connectivity index (χ1v) is 12.0. The zero-order valence-corrected chi connectivity index (χ0v) is 19.4. The van der Waals surface area contributed by atoms with Crippen molar-refractivity contribution in [2.24, 2.45) is 5.92 Å². The van der Waals surface area contributed by atoms with E-state index in [1.807, 2.05) is 17.4 Å². The van der Waals surface area contributed by atoms with Gasteiger partial charge in [0.1, 0.15) is 10.8 Å². The number of rotatable bonds is 10. The topological polar surface area (TPSA) is 28.6 Å². The Morgan fingerprint density at radius 3 is 2.93 bits per heavy atom. The fourth-order valence-corrected chi connectivity index (χ4v) is 5.14. The van der Waals surface area contributed by atoms with E-state index in [9.17, 15) is 0 Å². The SMILES string of the molecule is CCN(Cc1nc(C(C)C)cs1)CC1CCCN(CCc2cccc(OC)c2)C1. The van der Waals surface area contributed by atoms with E-state index in [0.717, 1.165) is 37.7 Å². The van der Waals surface area contributed by atoms with Crippen molar-refractivity contribution >= 4 is 11.3 Å². The number of piperidine rings is 1. The first-order chi connectivity index (χ1) is 14.1. The summed E-state index contributed by atoms with van der Waals surface area (Å²) in [4.78, 5) is 10.1. The van der Waals surface area contributed by atoms with E-state index in [1.54, 1.807) is 7.11 Å². The molecule has 1 fully saturated rings. The van der Waals surface area contributed by atoms with Crippen LogP contribution in [-0.2, 0) is 13.0 Å². The molecule has 0 spiro atoms. The zero-order valence-electron chi connectivity index (χ0n) is 18.6. The monoisotopic (exact) mass is 415 g/mol. The smallest absolute Gasteiger partial charge is 0.119 e. The lowest BCUT2D eigenvalue weighted by atomic mass is 9.97. The van der Waals surface area contributed by atoms with Crippen LogP contribution in [-0.4, -0.2) is 54.6 Å². The second-order valence-corrected chi connectivity index (χ2v) is 9.50. The average Bonchev–Trinajstić information content (AvgIpc) is 3.21. The van der Waals surface area contributed by atoms with Crippen LogP contribution in [0.15, 0.2) is 29.6 Å². The predicted molar refractivity (Wildman–Crippen MR) is 123 cm³/mol. The number of aromatic nitrogens is 1. The number of benzene rings is 1. The normalized spacial score (nSPS) is 17.9. The van der Waals surface area contributed by atoms with Gasteiger partial charge in [-0.1, -0.05) is 32.9 Å². The van der Waals surface area contributed by atoms with Crippen LogP contribution in [0.25, 0.3) is 0 Å². The van der Waals surface area contributed by atoms with Gasteiger partial charge >= 0.3 is 0 Å². The van der Waals surface area contributed by atoms with Crippen LogP contribution in [0.1, 0.15) is 55.8 Å². The fraction of sp³-hybridized carbons (Fsp3) is 0.625. The van der Waals surface area contributed by atoms with Crippen LogP contribution < -0.4 is 4.74 Å². The lowest BCUT2D eigenvalue weighted by molar-refractivity contribution is 0.133. The maximum absolute atomic E-state index is 5.36. The van der Waals surface area contributed by atoms with Crippen LogP contribution in [0.2, 0.25) is 0 Å². The third kappa shape index (κ3) is 6.80. The van der Waals surface area contributed by atoms with Crippen LogP contribution in [0.3, 0.4) is 0 Å². The van der Waals surface area contributed by atoms with Gasteiger partial charge in [-0.05, 0) is 61.9 Å². The summed E-state index contributed by atoms with van der Waals surface area (Å²) in [6.07, 6.45) is 3.76. The molecule has 1 aliphatic heterocycles. The molecule has 2 aromatic rings. The van der Waals surface area contributed by atoms with Gasteiger partial charge in [0.05, 0.1) is 19.3 Å². The molecular formula is C24H37N3OS. The van der Waals surface area contributed by atoms with E-state index >= 15 is 0 Å². The van der Waals surface area contributed by atoms with E-state index < -0.39 is 0 Å². The quantitative estimate of drug-likeness (QED) is 0.543. The Morgan fingerprint density at radius 2 is 2.21 bits per heavy atom. The molecule has 0 radical (unpaired) electrons. The molecule has 1 aromatic carbocycles. The highest BCUT2D eigenvalue weighted by atomic mass is 32.1. The van der Waals surface area contributed by atoms with Crippen molar-refractivity contribution in [3.05, 3.63) is 45.9 Å². The predicted octanol–water partition coefficient (Wildman–Crippen LogP) is 5.05. The van der Waals surface area contributed by atoms with Crippen LogP contribution in [0, 0.1) is 5.92 Å². The van der Waals surface area contributed by atoms with Crippen LogP contribution in [0.4, 0.5) is 0 Å².